The number of likely N-dealkylation sites (tertiary alicyclic amines) is 1. The minimum Gasteiger partial charge on any atom is -1.00 e. The Morgan fingerprint density at radius 1 is 1.12 bits per heavy atom. The first-order valence-corrected chi connectivity index (χ1v) is 8.76. The van der Waals surface area contributed by atoms with Gasteiger partial charge >= 0.3 is 5.97 Å². The Balaban J connectivity index is 0.00000156. The van der Waals surface area contributed by atoms with Crippen LogP contribution in [0.4, 0.5) is 0 Å². The summed E-state index contributed by atoms with van der Waals surface area (Å²) in [6.45, 7) is 1.01. The van der Waals surface area contributed by atoms with E-state index >= 15 is 0 Å². The predicted octanol–water partition coefficient (Wildman–Crippen LogP) is -1.02. The molecular weight excluding hydrogens is 342 g/mol. The molecule has 1 unspecified atom stereocenters. The summed E-state index contributed by atoms with van der Waals surface area (Å²) in [6.07, 6.45) is 5.66. The molecule has 1 aliphatic heterocycles. The summed E-state index contributed by atoms with van der Waals surface area (Å²) >= 11 is 0. The summed E-state index contributed by atoms with van der Waals surface area (Å²) < 4.78 is 6.52. The molecule has 0 radical (unpaired) electrons. The molecule has 0 spiro atoms. The zero-order valence-corrected chi connectivity index (χ0v) is 15.8. The molecule has 0 bridgehead atoms. The van der Waals surface area contributed by atoms with Crippen LogP contribution in [0.2, 0.25) is 0 Å². The monoisotopic (exact) mass is 371 g/mol. The van der Waals surface area contributed by atoms with Crippen LogP contribution in [0.1, 0.15) is 44.1 Å². The van der Waals surface area contributed by atoms with Gasteiger partial charge in [0.15, 0.2) is 5.60 Å². The maximum atomic E-state index is 13.0. The van der Waals surface area contributed by atoms with E-state index in [4.69, 9.17) is 4.74 Å². The molecule has 1 saturated heterocycles. The number of rotatable bonds is 4. The molecule has 1 aromatic carbocycles. The van der Waals surface area contributed by atoms with Crippen molar-refractivity contribution in [2.75, 3.05) is 20.6 Å². The summed E-state index contributed by atoms with van der Waals surface area (Å²) in [5.74, 6) is -0.511. The molecule has 2 fully saturated rings. The molecule has 2 aliphatic rings. The van der Waals surface area contributed by atoms with Crippen LogP contribution in [0, 0.1) is 5.92 Å². The summed E-state index contributed by atoms with van der Waals surface area (Å²) in [4.78, 5) is 13.0. The van der Waals surface area contributed by atoms with Gasteiger partial charge in [0, 0.05) is 18.8 Å². The summed E-state index contributed by atoms with van der Waals surface area (Å²) in [5, 5.41) is 11.4. The van der Waals surface area contributed by atoms with Crippen molar-refractivity contribution in [3.8, 4) is 0 Å². The highest BCUT2D eigenvalue weighted by atomic mass is 35.5. The minimum absolute atomic E-state index is 0. The topological polar surface area (TPSA) is 78.0 Å². The fraction of sp³-hybridized carbons (Fsp3) is 0.632. The third kappa shape index (κ3) is 4.17. The van der Waals surface area contributed by atoms with E-state index in [1.165, 1.54) is 0 Å². The van der Waals surface area contributed by atoms with Crippen molar-refractivity contribution in [2.24, 2.45) is 5.92 Å². The molecule has 1 heterocycles. The van der Waals surface area contributed by atoms with Gasteiger partial charge in [-0.15, -0.1) is 0 Å². The molecule has 25 heavy (non-hydrogen) atoms. The Hall–Kier alpha value is -1.14. The lowest BCUT2D eigenvalue weighted by Gasteiger charge is -2.36. The van der Waals surface area contributed by atoms with Crippen molar-refractivity contribution in [2.45, 2.75) is 50.4 Å². The van der Waals surface area contributed by atoms with Crippen LogP contribution in [0.3, 0.4) is 0 Å². The number of ether oxygens (including phenoxy) is 1. The second kappa shape index (κ2) is 8.49. The third-order valence-electron chi connectivity index (χ3n) is 5.68. The van der Waals surface area contributed by atoms with Crippen LogP contribution in [-0.4, -0.2) is 47.9 Å². The number of carbonyl (C=O) groups excluding carboxylic acids is 1. The van der Waals surface area contributed by atoms with Crippen molar-refractivity contribution < 1.29 is 37.0 Å². The number of carbonyl (C=O) groups is 1. The summed E-state index contributed by atoms with van der Waals surface area (Å²) in [5.41, 5.74) is -0.847. The molecular formula is C19H30ClNO4. The highest BCUT2D eigenvalue weighted by Gasteiger charge is 2.50. The Morgan fingerprint density at radius 2 is 1.72 bits per heavy atom. The Morgan fingerprint density at radius 3 is 2.24 bits per heavy atom. The van der Waals surface area contributed by atoms with Gasteiger partial charge in [-0.2, -0.15) is 0 Å². The number of quaternary nitrogens is 1. The minimum atomic E-state index is -1.51. The number of aliphatic hydroxyl groups is 1. The first-order chi connectivity index (χ1) is 10.9. The van der Waals surface area contributed by atoms with Gasteiger partial charge in [-0.25, -0.2) is 4.79 Å². The maximum absolute atomic E-state index is 13.0. The second-order valence-corrected chi connectivity index (χ2v) is 7.62. The fourth-order valence-electron chi connectivity index (χ4n) is 4.14. The van der Waals surface area contributed by atoms with E-state index in [2.05, 4.69) is 14.1 Å². The Bertz CT molecular complexity index is 560. The molecule has 1 aliphatic carbocycles. The smallest absolute Gasteiger partial charge is 0.347 e. The molecule has 142 valence electrons. The van der Waals surface area contributed by atoms with Crippen molar-refractivity contribution in [3.05, 3.63) is 35.9 Å². The number of hydrogen-bond acceptors (Lipinski definition) is 3. The molecule has 5 nitrogen and oxygen atoms in total. The molecule has 1 aromatic rings. The molecule has 3 N–H and O–H groups in total. The first-order valence-electron chi connectivity index (χ1n) is 8.76. The van der Waals surface area contributed by atoms with Gasteiger partial charge in [0.05, 0.1) is 20.6 Å². The van der Waals surface area contributed by atoms with E-state index in [0.717, 1.165) is 45.1 Å². The standard InChI is InChI=1S/C19H28NO3.ClH.H2O/c1-20(2)14-8-13-17(20)23-18(21)19(22,16-11-6-7-12-16)15-9-4-3-5-10-15;;/h3-5,9-10,16-17,22H,6-8,11-14H2,1-2H3;1H;1H2/q+1;;/p-1/t17?,19-;;/m0../s1. The molecule has 0 amide bonds. The summed E-state index contributed by atoms with van der Waals surface area (Å²) in [6, 6.07) is 9.33. The zero-order chi connectivity index (χ0) is 16.5. The first kappa shape index (κ1) is 21.9. The Kier molecular flexibility index (Phi) is 7.44. The third-order valence-corrected chi connectivity index (χ3v) is 5.68. The van der Waals surface area contributed by atoms with E-state index in [9.17, 15) is 9.90 Å². The number of halogens is 1. The van der Waals surface area contributed by atoms with Crippen molar-refractivity contribution in [1.82, 2.24) is 0 Å². The average Bonchev–Trinajstić information content (AvgIpc) is 3.18. The SMILES string of the molecule is C[N+]1(C)CCCC1OC(=O)[C@](O)(c1ccccc1)C1CCCC1.O.[Cl-]. The van der Waals surface area contributed by atoms with E-state index < -0.39 is 11.6 Å². The van der Waals surface area contributed by atoms with Gasteiger partial charge in [-0.05, 0) is 18.4 Å². The maximum Gasteiger partial charge on any atom is 0.347 e. The van der Waals surface area contributed by atoms with Crippen LogP contribution >= 0.6 is 0 Å². The quantitative estimate of drug-likeness (QED) is 0.544. The lowest BCUT2D eigenvalue weighted by molar-refractivity contribution is -0.921. The number of benzene rings is 1. The number of nitrogens with zero attached hydrogens (tertiary/aromatic N) is 1. The Labute approximate surface area is 156 Å². The van der Waals surface area contributed by atoms with Crippen LogP contribution < -0.4 is 12.4 Å². The van der Waals surface area contributed by atoms with Crippen LogP contribution in [0.15, 0.2) is 30.3 Å². The van der Waals surface area contributed by atoms with Crippen molar-refractivity contribution in [1.29, 1.82) is 0 Å². The number of esters is 1. The lowest BCUT2D eigenvalue weighted by atomic mass is 9.80. The number of hydrogen-bond donors (Lipinski definition) is 1. The van der Waals surface area contributed by atoms with Gasteiger partial charge in [0.2, 0.25) is 6.23 Å². The molecule has 6 heteroatoms. The van der Waals surface area contributed by atoms with Crippen LogP contribution in [-0.2, 0) is 15.1 Å². The van der Waals surface area contributed by atoms with E-state index in [-0.39, 0.29) is 30.0 Å². The molecule has 3 rings (SSSR count). The van der Waals surface area contributed by atoms with Gasteiger partial charge in [0.25, 0.3) is 0 Å². The van der Waals surface area contributed by atoms with Gasteiger partial charge in [-0.1, -0.05) is 43.2 Å². The molecule has 2 atom stereocenters. The normalized spacial score (nSPS) is 24.7. The van der Waals surface area contributed by atoms with E-state index in [1.54, 1.807) is 0 Å². The fourth-order valence-corrected chi connectivity index (χ4v) is 4.14. The van der Waals surface area contributed by atoms with Gasteiger partial charge in [-0.3, -0.25) is 4.48 Å². The zero-order valence-electron chi connectivity index (χ0n) is 15.1. The van der Waals surface area contributed by atoms with E-state index in [1.807, 2.05) is 30.3 Å². The van der Waals surface area contributed by atoms with Crippen LogP contribution in [0.25, 0.3) is 0 Å². The van der Waals surface area contributed by atoms with Crippen molar-refractivity contribution in [3.63, 3.8) is 0 Å². The van der Waals surface area contributed by atoms with Crippen molar-refractivity contribution >= 4 is 5.97 Å². The average molecular weight is 372 g/mol. The van der Waals surface area contributed by atoms with Gasteiger partial charge < -0.3 is 27.7 Å². The lowest BCUT2D eigenvalue weighted by Crippen LogP contribution is -3.00. The second-order valence-electron chi connectivity index (χ2n) is 7.62. The predicted molar refractivity (Wildman–Crippen MR) is 92.0 cm³/mol. The highest BCUT2D eigenvalue weighted by Crippen LogP contribution is 2.42. The van der Waals surface area contributed by atoms with Gasteiger partial charge in [0.1, 0.15) is 0 Å². The molecule has 1 saturated carbocycles. The van der Waals surface area contributed by atoms with Crippen LogP contribution in [0.5, 0.6) is 0 Å². The highest BCUT2D eigenvalue weighted by molar-refractivity contribution is 5.81. The largest absolute Gasteiger partial charge is 1.00 e. The molecule has 0 aromatic heterocycles. The van der Waals surface area contributed by atoms with E-state index in [0.29, 0.717) is 10.0 Å². The summed E-state index contributed by atoms with van der Waals surface area (Å²) in [7, 11) is 4.17.